The molecule has 1 heterocycles. The van der Waals surface area contributed by atoms with Gasteiger partial charge in [-0.05, 0) is 30.3 Å². The number of anilines is 3. The Kier molecular flexibility index (Phi) is 3.36. The zero-order valence-corrected chi connectivity index (χ0v) is 12.1. The molecule has 0 spiro atoms. The third-order valence-electron chi connectivity index (χ3n) is 3.48. The van der Waals surface area contributed by atoms with Crippen LogP contribution in [-0.4, -0.2) is 20.0 Å². The lowest BCUT2D eigenvalue weighted by molar-refractivity contribution is -0.110. The van der Waals surface area contributed by atoms with E-state index in [0.29, 0.717) is 5.57 Å². The highest BCUT2D eigenvalue weighted by molar-refractivity contribution is 6.31. The fraction of sp³-hybridized carbons (Fsp3) is 0.118. The summed E-state index contributed by atoms with van der Waals surface area (Å²) < 4.78 is 0. The first kappa shape index (κ1) is 13.2. The number of benzene rings is 2. The van der Waals surface area contributed by atoms with E-state index in [1.165, 1.54) is 0 Å². The first-order valence-electron chi connectivity index (χ1n) is 6.80. The van der Waals surface area contributed by atoms with E-state index in [1.807, 2.05) is 67.5 Å². The van der Waals surface area contributed by atoms with Crippen molar-refractivity contribution < 1.29 is 4.79 Å². The topological polar surface area (TPSA) is 44.4 Å². The number of para-hydroxylation sites is 1. The molecule has 0 unspecified atom stereocenters. The summed E-state index contributed by atoms with van der Waals surface area (Å²) in [6, 6.07) is 15.7. The summed E-state index contributed by atoms with van der Waals surface area (Å²) in [5.41, 5.74) is 4.53. The van der Waals surface area contributed by atoms with E-state index in [0.717, 1.165) is 22.6 Å². The van der Waals surface area contributed by atoms with Gasteiger partial charge in [0.1, 0.15) is 0 Å². The first-order chi connectivity index (χ1) is 10.1. The summed E-state index contributed by atoms with van der Waals surface area (Å²) in [7, 11) is 4.01. The van der Waals surface area contributed by atoms with Crippen LogP contribution in [0.2, 0.25) is 0 Å². The third kappa shape index (κ3) is 2.60. The molecule has 4 heteroatoms. The van der Waals surface area contributed by atoms with Crippen molar-refractivity contribution in [3.05, 3.63) is 60.3 Å². The average Bonchev–Trinajstić information content (AvgIpc) is 2.81. The molecule has 0 aliphatic carbocycles. The number of nitrogens with one attached hydrogen (secondary N) is 2. The van der Waals surface area contributed by atoms with Crippen LogP contribution < -0.4 is 15.5 Å². The van der Waals surface area contributed by atoms with Crippen LogP contribution >= 0.6 is 0 Å². The molecule has 4 nitrogen and oxygen atoms in total. The summed E-state index contributed by atoms with van der Waals surface area (Å²) in [6.07, 6.45) is 1.76. The highest BCUT2D eigenvalue weighted by Crippen LogP contribution is 2.31. The van der Waals surface area contributed by atoms with E-state index in [9.17, 15) is 4.79 Å². The zero-order chi connectivity index (χ0) is 14.8. The molecule has 3 rings (SSSR count). The fourth-order valence-electron chi connectivity index (χ4n) is 2.29. The Morgan fingerprint density at radius 2 is 1.76 bits per heavy atom. The minimum Gasteiger partial charge on any atom is -0.378 e. The Morgan fingerprint density at radius 1 is 1.05 bits per heavy atom. The number of fused-ring (bicyclic) bond motifs is 1. The van der Waals surface area contributed by atoms with Crippen LogP contribution in [0.1, 0.15) is 5.56 Å². The minimum absolute atomic E-state index is 0.0754. The highest BCUT2D eigenvalue weighted by Gasteiger charge is 2.23. The monoisotopic (exact) mass is 279 g/mol. The normalized spacial score (nSPS) is 14.8. The summed E-state index contributed by atoms with van der Waals surface area (Å²) in [6.45, 7) is 0. The van der Waals surface area contributed by atoms with Crippen molar-refractivity contribution in [3.8, 4) is 0 Å². The molecule has 1 amide bonds. The van der Waals surface area contributed by atoms with E-state index >= 15 is 0 Å². The van der Waals surface area contributed by atoms with Gasteiger partial charge in [0.15, 0.2) is 0 Å². The highest BCUT2D eigenvalue weighted by atomic mass is 16.2. The maximum atomic E-state index is 12.0. The molecule has 0 radical (unpaired) electrons. The molecule has 0 bridgehead atoms. The summed E-state index contributed by atoms with van der Waals surface area (Å²) in [5, 5.41) is 6.04. The summed E-state index contributed by atoms with van der Waals surface area (Å²) >= 11 is 0. The van der Waals surface area contributed by atoms with Gasteiger partial charge in [0.05, 0.1) is 5.57 Å². The average molecular weight is 279 g/mol. The maximum absolute atomic E-state index is 12.0. The van der Waals surface area contributed by atoms with Gasteiger partial charge in [-0.1, -0.05) is 18.2 Å². The van der Waals surface area contributed by atoms with Crippen molar-refractivity contribution in [3.63, 3.8) is 0 Å². The predicted octanol–water partition coefficient (Wildman–Crippen LogP) is 3.16. The van der Waals surface area contributed by atoms with Crippen molar-refractivity contribution in [2.75, 3.05) is 29.6 Å². The van der Waals surface area contributed by atoms with E-state index in [2.05, 4.69) is 10.6 Å². The Morgan fingerprint density at radius 3 is 2.48 bits per heavy atom. The van der Waals surface area contributed by atoms with E-state index in [-0.39, 0.29) is 5.91 Å². The van der Waals surface area contributed by atoms with Crippen molar-refractivity contribution in [1.29, 1.82) is 0 Å². The zero-order valence-electron chi connectivity index (χ0n) is 12.1. The van der Waals surface area contributed by atoms with E-state index in [4.69, 9.17) is 0 Å². The first-order valence-corrected chi connectivity index (χ1v) is 6.80. The second-order valence-corrected chi connectivity index (χ2v) is 5.14. The van der Waals surface area contributed by atoms with Crippen LogP contribution in [0.25, 0.3) is 5.57 Å². The second kappa shape index (κ2) is 5.32. The van der Waals surface area contributed by atoms with Gasteiger partial charge in [0, 0.05) is 42.9 Å². The van der Waals surface area contributed by atoms with Crippen molar-refractivity contribution in [2.24, 2.45) is 0 Å². The van der Waals surface area contributed by atoms with Crippen LogP contribution in [0.4, 0.5) is 17.1 Å². The number of amides is 1. The number of hydrogen-bond donors (Lipinski definition) is 2. The van der Waals surface area contributed by atoms with Crippen LogP contribution in [0.3, 0.4) is 0 Å². The standard InChI is InChI=1S/C17H17N3O/c1-20(2)13-9-7-12(8-10-13)18-11-15-14-5-3-4-6-16(14)19-17(15)21/h3-11,18H,1-2H3,(H,19,21)/b15-11+. The van der Waals surface area contributed by atoms with Crippen LogP contribution in [0.5, 0.6) is 0 Å². The molecule has 21 heavy (non-hydrogen) atoms. The Bertz CT molecular complexity index is 702. The molecular formula is C17H17N3O. The molecule has 0 atom stereocenters. The van der Waals surface area contributed by atoms with Gasteiger partial charge in [-0.2, -0.15) is 0 Å². The molecule has 0 aromatic heterocycles. The number of carbonyl (C=O) groups is 1. The quantitative estimate of drug-likeness (QED) is 0.848. The third-order valence-corrected chi connectivity index (χ3v) is 3.48. The molecule has 1 aliphatic heterocycles. The molecule has 106 valence electrons. The molecule has 2 aromatic carbocycles. The SMILES string of the molecule is CN(C)c1ccc(N/C=C2/C(=O)Nc3ccccc32)cc1. The van der Waals surface area contributed by atoms with E-state index < -0.39 is 0 Å². The van der Waals surface area contributed by atoms with Gasteiger partial charge in [-0.15, -0.1) is 0 Å². The Balaban J connectivity index is 1.81. The Labute approximate surface area is 124 Å². The van der Waals surface area contributed by atoms with Crippen LogP contribution in [0.15, 0.2) is 54.7 Å². The lowest BCUT2D eigenvalue weighted by Crippen LogP contribution is -2.08. The lowest BCUT2D eigenvalue weighted by Gasteiger charge is -2.12. The van der Waals surface area contributed by atoms with Gasteiger partial charge in [0.25, 0.3) is 5.91 Å². The number of rotatable bonds is 3. The second-order valence-electron chi connectivity index (χ2n) is 5.14. The predicted molar refractivity (Wildman–Crippen MR) is 87.4 cm³/mol. The van der Waals surface area contributed by atoms with Gasteiger partial charge in [0.2, 0.25) is 0 Å². The molecule has 2 aromatic rings. The van der Waals surface area contributed by atoms with E-state index in [1.54, 1.807) is 6.20 Å². The molecule has 0 saturated heterocycles. The Hall–Kier alpha value is -2.75. The number of carbonyl (C=O) groups excluding carboxylic acids is 1. The van der Waals surface area contributed by atoms with Gasteiger partial charge in [-0.25, -0.2) is 0 Å². The number of nitrogens with zero attached hydrogens (tertiary/aromatic N) is 1. The summed E-state index contributed by atoms with van der Waals surface area (Å²) in [4.78, 5) is 14.0. The fourth-order valence-corrected chi connectivity index (χ4v) is 2.29. The minimum atomic E-state index is -0.0754. The van der Waals surface area contributed by atoms with Crippen LogP contribution in [0, 0.1) is 0 Å². The van der Waals surface area contributed by atoms with Crippen molar-refractivity contribution in [2.45, 2.75) is 0 Å². The van der Waals surface area contributed by atoms with Gasteiger partial charge >= 0.3 is 0 Å². The largest absolute Gasteiger partial charge is 0.378 e. The molecule has 0 saturated carbocycles. The molecule has 1 aliphatic rings. The molecule has 2 N–H and O–H groups in total. The smallest absolute Gasteiger partial charge is 0.257 e. The summed E-state index contributed by atoms with van der Waals surface area (Å²) in [5.74, 6) is -0.0754. The lowest BCUT2D eigenvalue weighted by atomic mass is 10.1. The molecule has 0 fully saturated rings. The molecular weight excluding hydrogens is 262 g/mol. The van der Waals surface area contributed by atoms with Crippen molar-refractivity contribution >= 4 is 28.5 Å². The maximum Gasteiger partial charge on any atom is 0.257 e. The van der Waals surface area contributed by atoms with Crippen LogP contribution in [-0.2, 0) is 4.79 Å². The van der Waals surface area contributed by atoms with Crippen molar-refractivity contribution in [1.82, 2.24) is 0 Å². The number of hydrogen-bond acceptors (Lipinski definition) is 3. The van der Waals surface area contributed by atoms with Gasteiger partial charge in [-0.3, -0.25) is 4.79 Å². The van der Waals surface area contributed by atoms with Gasteiger partial charge < -0.3 is 15.5 Å².